The molecule has 0 spiro atoms. The Hall–Kier alpha value is -2.01. The lowest BCUT2D eigenvalue weighted by Crippen LogP contribution is -2.21. The van der Waals surface area contributed by atoms with Crippen molar-refractivity contribution in [1.29, 1.82) is 0 Å². The lowest BCUT2D eigenvalue weighted by molar-refractivity contribution is 0.504. The van der Waals surface area contributed by atoms with Gasteiger partial charge in [-0.05, 0) is 38.1 Å². The van der Waals surface area contributed by atoms with E-state index >= 15 is 0 Å². The molecule has 0 heterocycles. The topological polar surface area (TPSA) is 27.6 Å². The molecule has 0 aliphatic heterocycles. The van der Waals surface area contributed by atoms with Gasteiger partial charge in [0.05, 0.1) is 16.5 Å². The van der Waals surface area contributed by atoms with E-state index in [0.29, 0.717) is 0 Å². The molecule has 1 aromatic rings. The summed E-state index contributed by atoms with van der Waals surface area (Å²) in [4.78, 5) is 6.57. The number of allylic oxidation sites excluding steroid dienone is 1. The first-order chi connectivity index (χ1) is 11.3. The number of nitrogens with one attached hydrogen (secondary N) is 1. The van der Waals surface area contributed by atoms with Crippen molar-refractivity contribution in [3.05, 3.63) is 65.8 Å². The van der Waals surface area contributed by atoms with Crippen LogP contribution in [0, 0.1) is 5.82 Å². The Morgan fingerprint density at radius 1 is 1.25 bits per heavy atom. The Bertz CT molecular complexity index is 645. The third-order valence-electron chi connectivity index (χ3n) is 3.55. The molecule has 1 rings (SSSR count). The van der Waals surface area contributed by atoms with Crippen molar-refractivity contribution in [2.24, 2.45) is 4.99 Å². The highest BCUT2D eigenvalue weighted by atomic mass is 32.2. The summed E-state index contributed by atoms with van der Waals surface area (Å²) in [6.45, 7) is 12.1. The van der Waals surface area contributed by atoms with Gasteiger partial charge in [-0.15, -0.1) is 0 Å². The molecule has 3 nitrogen and oxygen atoms in total. The van der Waals surface area contributed by atoms with Gasteiger partial charge in [-0.3, -0.25) is 0 Å². The first kappa shape index (κ1) is 20.0. The van der Waals surface area contributed by atoms with Crippen LogP contribution < -0.4 is 5.32 Å². The second-order valence-electron chi connectivity index (χ2n) is 5.71. The van der Waals surface area contributed by atoms with E-state index in [0.717, 1.165) is 28.2 Å². The van der Waals surface area contributed by atoms with Gasteiger partial charge in [-0.25, -0.2) is 9.38 Å². The number of nitrogens with zero attached hydrogens (tertiary/aromatic N) is 2. The van der Waals surface area contributed by atoms with Crippen molar-refractivity contribution in [3.8, 4) is 0 Å². The molecule has 24 heavy (non-hydrogen) atoms. The molecule has 1 unspecified atom stereocenters. The summed E-state index contributed by atoms with van der Waals surface area (Å²) in [5.74, 6) is -0.261. The fraction of sp³-hybridized carbons (Fsp3) is 0.316. The van der Waals surface area contributed by atoms with Crippen molar-refractivity contribution in [1.82, 2.24) is 10.2 Å². The van der Waals surface area contributed by atoms with Gasteiger partial charge in [-0.2, -0.15) is 0 Å². The van der Waals surface area contributed by atoms with Crippen molar-refractivity contribution in [3.63, 3.8) is 0 Å². The molecular weight excluding hydrogens is 321 g/mol. The highest BCUT2D eigenvalue weighted by Gasteiger charge is 2.15. The number of aliphatic imine (C=N–C) groups is 1. The SMILES string of the molecule is C=C(C)C(SC=N/C(=C(/C)NC)c1ccc(F)cc1)C(=C)N(C)C. The van der Waals surface area contributed by atoms with E-state index in [1.807, 2.05) is 39.9 Å². The second kappa shape index (κ2) is 9.33. The Balaban J connectivity index is 3.03. The molecule has 0 aromatic heterocycles. The molecule has 130 valence electrons. The highest BCUT2D eigenvalue weighted by molar-refractivity contribution is 8.12. The van der Waals surface area contributed by atoms with E-state index in [-0.39, 0.29) is 11.1 Å². The van der Waals surface area contributed by atoms with Gasteiger partial charge in [0.2, 0.25) is 0 Å². The average molecular weight is 348 g/mol. The molecule has 5 heteroatoms. The van der Waals surface area contributed by atoms with Crippen molar-refractivity contribution in [2.45, 2.75) is 19.1 Å². The largest absolute Gasteiger partial charge is 0.390 e. The zero-order valence-corrected chi connectivity index (χ0v) is 15.9. The molecule has 0 fully saturated rings. The van der Waals surface area contributed by atoms with E-state index in [1.54, 1.807) is 29.4 Å². The number of benzene rings is 1. The average Bonchev–Trinajstić information content (AvgIpc) is 2.54. The van der Waals surface area contributed by atoms with Crippen molar-refractivity contribution >= 4 is 23.0 Å². The van der Waals surface area contributed by atoms with Gasteiger partial charge in [0.15, 0.2) is 0 Å². The number of hydrogen-bond donors (Lipinski definition) is 1. The fourth-order valence-electron chi connectivity index (χ4n) is 1.97. The summed E-state index contributed by atoms with van der Waals surface area (Å²) in [6, 6.07) is 6.32. The first-order valence-corrected chi connectivity index (χ1v) is 8.56. The summed E-state index contributed by atoms with van der Waals surface area (Å²) in [7, 11) is 5.77. The molecule has 1 atom stereocenters. The third-order valence-corrected chi connectivity index (χ3v) is 4.73. The van der Waals surface area contributed by atoms with Crippen LogP contribution >= 0.6 is 11.8 Å². The molecule has 0 saturated carbocycles. The summed E-state index contributed by atoms with van der Waals surface area (Å²) in [6.07, 6.45) is 0. The number of halogens is 1. The Morgan fingerprint density at radius 2 is 1.83 bits per heavy atom. The van der Waals surface area contributed by atoms with Crippen LogP contribution in [0.2, 0.25) is 0 Å². The molecule has 0 saturated heterocycles. The Morgan fingerprint density at radius 3 is 2.29 bits per heavy atom. The molecule has 1 N–H and O–H groups in total. The van der Waals surface area contributed by atoms with Crippen LogP contribution in [-0.2, 0) is 0 Å². The highest BCUT2D eigenvalue weighted by Crippen LogP contribution is 2.26. The molecule has 0 aliphatic carbocycles. The molecule has 1 aromatic carbocycles. The van der Waals surface area contributed by atoms with Crippen LogP contribution in [-0.4, -0.2) is 36.8 Å². The quantitative estimate of drug-likeness (QED) is 0.426. The molecule has 0 amide bonds. The first-order valence-electron chi connectivity index (χ1n) is 7.62. The zero-order valence-electron chi connectivity index (χ0n) is 15.1. The van der Waals surface area contributed by atoms with E-state index in [2.05, 4.69) is 23.5 Å². The predicted molar refractivity (Wildman–Crippen MR) is 106 cm³/mol. The van der Waals surface area contributed by atoms with Gasteiger partial charge >= 0.3 is 0 Å². The van der Waals surface area contributed by atoms with Crippen LogP contribution in [0.3, 0.4) is 0 Å². The Kier molecular flexibility index (Phi) is 7.79. The minimum Gasteiger partial charge on any atom is -0.390 e. The van der Waals surface area contributed by atoms with Gasteiger partial charge in [-0.1, -0.05) is 30.5 Å². The van der Waals surface area contributed by atoms with Gasteiger partial charge in [0, 0.05) is 38.1 Å². The van der Waals surface area contributed by atoms with Crippen LogP contribution in [0.4, 0.5) is 4.39 Å². The molecule has 0 bridgehead atoms. The van der Waals surface area contributed by atoms with Crippen LogP contribution in [0.15, 0.2) is 59.4 Å². The lowest BCUT2D eigenvalue weighted by atomic mass is 10.1. The standard InChI is InChI=1S/C19H26FN3S/c1-13(2)19(15(4)23(6)7)24-12-22-18(14(3)21-5)16-8-10-17(20)11-9-16/h8-12,19,21H,1,4H2,2-3,5-7H3/b18-14-,22-12?. The number of hydrogen-bond acceptors (Lipinski definition) is 4. The maximum absolute atomic E-state index is 13.1. The summed E-state index contributed by atoms with van der Waals surface area (Å²) >= 11 is 1.55. The van der Waals surface area contributed by atoms with Gasteiger partial charge in [0.1, 0.15) is 5.82 Å². The molecule has 0 radical (unpaired) electrons. The molecule has 0 aliphatic rings. The van der Waals surface area contributed by atoms with E-state index in [4.69, 9.17) is 0 Å². The van der Waals surface area contributed by atoms with E-state index in [1.165, 1.54) is 12.1 Å². The third kappa shape index (κ3) is 5.57. The van der Waals surface area contributed by atoms with Crippen LogP contribution in [0.1, 0.15) is 19.4 Å². The lowest BCUT2D eigenvalue weighted by Gasteiger charge is -2.24. The monoisotopic (exact) mass is 347 g/mol. The minimum atomic E-state index is -0.261. The van der Waals surface area contributed by atoms with E-state index < -0.39 is 0 Å². The van der Waals surface area contributed by atoms with Gasteiger partial charge < -0.3 is 10.2 Å². The Labute approximate surface area is 149 Å². The van der Waals surface area contributed by atoms with Crippen LogP contribution in [0.25, 0.3) is 5.70 Å². The maximum Gasteiger partial charge on any atom is 0.123 e. The molecular formula is C19H26FN3S. The predicted octanol–water partition coefficient (Wildman–Crippen LogP) is 4.52. The summed E-state index contributed by atoms with van der Waals surface area (Å²) in [5, 5.41) is 3.16. The van der Waals surface area contributed by atoms with Crippen molar-refractivity contribution in [2.75, 3.05) is 21.1 Å². The maximum atomic E-state index is 13.1. The number of rotatable bonds is 8. The summed E-state index contributed by atoms with van der Waals surface area (Å²) in [5.41, 5.74) is 6.34. The van der Waals surface area contributed by atoms with Crippen molar-refractivity contribution < 1.29 is 4.39 Å². The fourth-order valence-corrected chi connectivity index (χ4v) is 2.86. The zero-order chi connectivity index (χ0) is 18.3. The number of thioether (sulfide) groups is 1. The summed E-state index contributed by atoms with van der Waals surface area (Å²) < 4.78 is 13.1. The minimum absolute atomic E-state index is 0.0631. The normalized spacial score (nSPS) is 13.4. The van der Waals surface area contributed by atoms with E-state index in [9.17, 15) is 4.39 Å². The second-order valence-corrected chi connectivity index (χ2v) is 6.67. The van der Waals surface area contributed by atoms with Gasteiger partial charge in [0.25, 0.3) is 0 Å². The van der Waals surface area contributed by atoms with Crippen LogP contribution in [0.5, 0.6) is 0 Å². The smallest absolute Gasteiger partial charge is 0.123 e.